The van der Waals surface area contributed by atoms with E-state index >= 15 is 0 Å². The van der Waals surface area contributed by atoms with E-state index in [-0.39, 0.29) is 11.4 Å². The van der Waals surface area contributed by atoms with Gasteiger partial charge in [-0.05, 0) is 61.6 Å². The van der Waals surface area contributed by atoms with Gasteiger partial charge in [-0.3, -0.25) is 15.1 Å². The van der Waals surface area contributed by atoms with Gasteiger partial charge in [0.05, 0.1) is 10.6 Å². The summed E-state index contributed by atoms with van der Waals surface area (Å²) >= 11 is 7.73. The summed E-state index contributed by atoms with van der Waals surface area (Å²) in [7, 11) is 0. The van der Waals surface area contributed by atoms with Crippen molar-refractivity contribution < 1.29 is 14.3 Å². The number of thioether (sulfide) groups is 1. The number of rotatable bonds is 6. The number of amides is 1. The average molecular weight is 468 g/mol. The van der Waals surface area contributed by atoms with Gasteiger partial charge in [-0.25, -0.2) is 0 Å². The summed E-state index contributed by atoms with van der Waals surface area (Å²) in [6.45, 7) is 6.66. The molecule has 1 N–H and O–H groups in total. The van der Waals surface area contributed by atoms with Crippen molar-refractivity contribution in [3.8, 4) is 11.5 Å². The van der Waals surface area contributed by atoms with Crippen molar-refractivity contribution in [3.63, 3.8) is 0 Å². The number of hydrogen-bond donors (Lipinski definition) is 1. The van der Waals surface area contributed by atoms with Crippen LogP contribution < -0.4 is 9.47 Å². The molecule has 32 heavy (non-hydrogen) atoms. The molecular formula is C24H22ClN3O3S. The Morgan fingerprint density at radius 1 is 1.09 bits per heavy atom. The fourth-order valence-corrected chi connectivity index (χ4v) is 4.50. The molecule has 6 nitrogen and oxygen atoms in total. The zero-order chi connectivity index (χ0) is 22.8. The second-order valence-electron chi connectivity index (χ2n) is 7.47. The number of ether oxygens (including phenoxy) is 2. The minimum atomic E-state index is -0.433. The van der Waals surface area contributed by atoms with Crippen LogP contribution in [0, 0.1) is 19.3 Å². The first kappa shape index (κ1) is 22.2. The molecule has 0 saturated heterocycles. The van der Waals surface area contributed by atoms with Crippen LogP contribution >= 0.6 is 23.4 Å². The lowest BCUT2D eigenvalue weighted by atomic mass is 10.1. The van der Waals surface area contributed by atoms with Gasteiger partial charge in [0, 0.05) is 5.70 Å². The summed E-state index contributed by atoms with van der Waals surface area (Å²) in [5.41, 5.74) is 4.04. The maximum atomic E-state index is 12.4. The van der Waals surface area contributed by atoms with Crippen LogP contribution in [0.4, 0.5) is 0 Å². The van der Waals surface area contributed by atoms with Crippen LogP contribution in [0.2, 0.25) is 5.02 Å². The van der Waals surface area contributed by atoms with E-state index in [9.17, 15) is 4.79 Å². The minimum absolute atomic E-state index is 0.110. The summed E-state index contributed by atoms with van der Waals surface area (Å²) in [5.74, 6) is 1.04. The third-order valence-electron chi connectivity index (χ3n) is 4.98. The average Bonchev–Trinajstić information content (AvgIpc) is 3.11. The van der Waals surface area contributed by atoms with Gasteiger partial charge in [0.15, 0.2) is 5.17 Å². The third-order valence-corrected chi connectivity index (χ3v) is 6.22. The highest BCUT2D eigenvalue weighted by Crippen LogP contribution is 2.32. The highest BCUT2D eigenvalue weighted by atomic mass is 35.5. The first-order valence-electron chi connectivity index (χ1n) is 10.0. The molecule has 0 bridgehead atoms. The molecule has 2 aromatic carbocycles. The quantitative estimate of drug-likeness (QED) is 0.443. The SMILES string of the molecule is CC1=CSC2=NC(=O)/C(=C\c3ccc(OCCOc4ccc(C)cc4C)c(Cl)c3)C(=N)N12. The van der Waals surface area contributed by atoms with Crippen molar-refractivity contribution in [1.29, 1.82) is 5.41 Å². The Kier molecular flexibility index (Phi) is 6.39. The monoisotopic (exact) mass is 467 g/mol. The Bertz CT molecular complexity index is 1200. The minimum Gasteiger partial charge on any atom is -0.490 e. The highest BCUT2D eigenvalue weighted by Gasteiger charge is 2.33. The molecule has 164 valence electrons. The molecule has 0 unspecified atom stereocenters. The largest absolute Gasteiger partial charge is 0.490 e. The standard InChI is InChI=1S/C24H22ClN3O3S/c1-14-4-6-20(15(2)10-14)30-8-9-31-21-7-5-17(12-19(21)25)11-18-22(26)28-16(3)13-32-24(28)27-23(18)29/h4-7,10-13,26H,8-9H2,1-3H3/b18-11-,26-22?. The molecule has 0 saturated carbocycles. The van der Waals surface area contributed by atoms with Gasteiger partial charge < -0.3 is 9.47 Å². The molecule has 0 aliphatic carbocycles. The van der Waals surface area contributed by atoms with Crippen LogP contribution in [0.1, 0.15) is 23.6 Å². The van der Waals surface area contributed by atoms with Gasteiger partial charge in [0.25, 0.3) is 5.91 Å². The topological polar surface area (TPSA) is 75.0 Å². The van der Waals surface area contributed by atoms with E-state index in [1.54, 1.807) is 29.2 Å². The number of nitrogens with zero attached hydrogens (tertiary/aromatic N) is 2. The Labute approximate surface area is 196 Å². The van der Waals surface area contributed by atoms with Gasteiger partial charge in [0.2, 0.25) is 0 Å². The lowest BCUT2D eigenvalue weighted by Gasteiger charge is -2.25. The number of aryl methyl sites for hydroxylation is 2. The molecule has 4 rings (SSSR count). The molecule has 0 spiro atoms. The molecule has 1 amide bonds. The number of aliphatic imine (C=N–C) groups is 1. The summed E-state index contributed by atoms with van der Waals surface area (Å²) in [6.07, 6.45) is 1.63. The Morgan fingerprint density at radius 2 is 1.81 bits per heavy atom. The maximum Gasteiger partial charge on any atom is 0.283 e. The summed E-state index contributed by atoms with van der Waals surface area (Å²) in [5, 5.41) is 11.2. The zero-order valence-electron chi connectivity index (χ0n) is 17.9. The predicted octanol–water partition coefficient (Wildman–Crippen LogP) is 5.58. The molecule has 0 atom stereocenters. The van der Waals surface area contributed by atoms with E-state index < -0.39 is 5.91 Å². The van der Waals surface area contributed by atoms with Crippen LogP contribution in [0.5, 0.6) is 11.5 Å². The number of carbonyl (C=O) groups excluding carboxylic acids is 1. The molecule has 8 heteroatoms. The fraction of sp³-hybridized carbons (Fsp3) is 0.208. The van der Waals surface area contributed by atoms with E-state index in [2.05, 4.69) is 11.1 Å². The lowest BCUT2D eigenvalue weighted by molar-refractivity contribution is -0.114. The van der Waals surface area contributed by atoms with Crippen LogP contribution in [0.25, 0.3) is 6.08 Å². The highest BCUT2D eigenvalue weighted by molar-refractivity contribution is 8.16. The van der Waals surface area contributed by atoms with Gasteiger partial charge >= 0.3 is 0 Å². The van der Waals surface area contributed by atoms with Crippen LogP contribution in [-0.4, -0.2) is 35.0 Å². The maximum absolute atomic E-state index is 12.4. The first-order valence-corrected chi connectivity index (χ1v) is 11.3. The molecule has 0 radical (unpaired) electrons. The van der Waals surface area contributed by atoms with Crippen LogP contribution in [0.3, 0.4) is 0 Å². The zero-order valence-corrected chi connectivity index (χ0v) is 19.5. The van der Waals surface area contributed by atoms with Gasteiger partial charge in [0.1, 0.15) is 30.5 Å². The lowest BCUT2D eigenvalue weighted by Crippen LogP contribution is -2.37. The van der Waals surface area contributed by atoms with Crippen molar-refractivity contribution in [1.82, 2.24) is 4.90 Å². The van der Waals surface area contributed by atoms with E-state index in [1.807, 2.05) is 38.3 Å². The second-order valence-corrected chi connectivity index (χ2v) is 8.72. The number of benzene rings is 2. The number of hydrogen-bond acceptors (Lipinski definition) is 5. The molecule has 2 aliphatic rings. The molecule has 2 aromatic rings. The number of carbonyl (C=O) groups is 1. The van der Waals surface area contributed by atoms with Crippen molar-refractivity contribution in [2.45, 2.75) is 20.8 Å². The van der Waals surface area contributed by atoms with Crippen LogP contribution in [-0.2, 0) is 4.79 Å². The van der Waals surface area contributed by atoms with Crippen LogP contribution in [0.15, 0.2) is 58.1 Å². The summed E-state index contributed by atoms with van der Waals surface area (Å²) in [6, 6.07) is 11.3. The number of fused-ring (bicyclic) bond motifs is 1. The normalized spacial score (nSPS) is 16.8. The van der Waals surface area contributed by atoms with Gasteiger partial charge in [-0.1, -0.05) is 47.1 Å². The molecular weight excluding hydrogens is 446 g/mol. The Hall–Kier alpha value is -3.03. The van der Waals surface area contributed by atoms with E-state index in [0.717, 1.165) is 17.0 Å². The van der Waals surface area contributed by atoms with Gasteiger partial charge in [-0.2, -0.15) is 4.99 Å². The molecule has 0 aromatic heterocycles. The predicted molar refractivity (Wildman–Crippen MR) is 130 cm³/mol. The number of amidine groups is 2. The van der Waals surface area contributed by atoms with Gasteiger partial charge in [-0.15, -0.1) is 0 Å². The van der Waals surface area contributed by atoms with Crippen molar-refractivity contribution >= 4 is 46.3 Å². The number of halogens is 1. The van der Waals surface area contributed by atoms with Crippen molar-refractivity contribution in [2.24, 2.45) is 4.99 Å². The third kappa shape index (κ3) is 4.59. The first-order chi connectivity index (χ1) is 15.3. The molecule has 0 fully saturated rings. The number of nitrogens with one attached hydrogen (secondary N) is 1. The Balaban J connectivity index is 1.40. The summed E-state index contributed by atoms with van der Waals surface area (Å²) in [4.78, 5) is 18.2. The van der Waals surface area contributed by atoms with E-state index in [1.165, 1.54) is 17.3 Å². The number of allylic oxidation sites excluding steroid dienone is 1. The summed E-state index contributed by atoms with van der Waals surface area (Å²) < 4.78 is 11.5. The van der Waals surface area contributed by atoms with E-state index in [4.69, 9.17) is 26.5 Å². The van der Waals surface area contributed by atoms with Crippen molar-refractivity contribution in [3.05, 3.63) is 74.8 Å². The van der Waals surface area contributed by atoms with Crippen molar-refractivity contribution in [2.75, 3.05) is 13.2 Å². The molecule has 2 aliphatic heterocycles. The van der Waals surface area contributed by atoms with E-state index in [0.29, 0.717) is 34.7 Å². The second kappa shape index (κ2) is 9.22. The fourth-order valence-electron chi connectivity index (χ4n) is 3.40. The molecule has 2 heterocycles. The Morgan fingerprint density at radius 3 is 2.53 bits per heavy atom. The smallest absolute Gasteiger partial charge is 0.283 e.